The van der Waals surface area contributed by atoms with Crippen LogP contribution in [0.1, 0.15) is 27.9 Å². The van der Waals surface area contributed by atoms with Crippen molar-refractivity contribution in [1.82, 2.24) is 4.98 Å². The van der Waals surface area contributed by atoms with E-state index in [9.17, 15) is 5.26 Å². The number of nitrogens with one attached hydrogen (secondary N) is 1. The zero-order valence-corrected chi connectivity index (χ0v) is 17.5. The molecule has 152 valence electrons. The van der Waals surface area contributed by atoms with Crippen molar-refractivity contribution in [2.24, 2.45) is 5.10 Å². The molecule has 1 heterocycles. The van der Waals surface area contributed by atoms with E-state index in [2.05, 4.69) is 21.6 Å². The van der Waals surface area contributed by atoms with E-state index >= 15 is 0 Å². The average Bonchev–Trinajstić information content (AvgIpc) is 2.74. The number of hydrogen-bond donors (Lipinski definition) is 1. The average molecular weight is 421 g/mol. The van der Waals surface area contributed by atoms with Crippen molar-refractivity contribution in [2.45, 2.75) is 20.1 Å². The van der Waals surface area contributed by atoms with Crippen LogP contribution >= 0.6 is 11.6 Å². The molecule has 0 spiro atoms. The third-order valence-corrected chi connectivity index (χ3v) is 4.60. The number of methoxy groups -OCH3 is 1. The lowest BCUT2D eigenvalue weighted by Crippen LogP contribution is -2.03. The summed E-state index contributed by atoms with van der Waals surface area (Å²) >= 11 is 6.17. The zero-order chi connectivity index (χ0) is 21.3. The van der Waals surface area contributed by atoms with Crippen molar-refractivity contribution in [2.75, 3.05) is 12.5 Å². The molecule has 0 unspecified atom stereocenters. The SMILES string of the molecule is COCc1cc(C)nc(NN=Cc2cccc(OCc3ccccc3Cl)c2)c1C#N. The number of rotatable bonds is 8. The molecule has 0 aliphatic carbocycles. The van der Waals surface area contributed by atoms with Crippen LogP contribution in [0.5, 0.6) is 5.75 Å². The predicted molar refractivity (Wildman–Crippen MR) is 118 cm³/mol. The molecular weight excluding hydrogens is 400 g/mol. The van der Waals surface area contributed by atoms with Crippen LogP contribution in [0, 0.1) is 18.3 Å². The minimum Gasteiger partial charge on any atom is -0.489 e. The number of hydrogen-bond acceptors (Lipinski definition) is 6. The molecular formula is C23H21ClN4O2. The van der Waals surface area contributed by atoms with Crippen molar-refractivity contribution in [1.29, 1.82) is 5.26 Å². The summed E-state index contributed by atoms with van der Waals surface area (Å²) in [7, 11) is 1.59. The Morgan fingerprint density at radius 2 is 1.97 bits per heavy atom. The van der Waals surface area contributed by atoms with Gasteiger partial charge in [0.15, 0.2) is 5.82 Å². The summed E-state index contributed by atoms with van der Waals surface area (Å²) in [4.78, 5) is 4.37. The summed E-state index contributed by atoms with van der Waals surface area (Å²) < 4.78 is 11.0. The molecule has 1 N–H and O–H groups in total. The van der Waals surface area contributed by atoms with E-state index in [1.54, 1.807) is 13.3 Å². The quantitative estimate of drug-likeness (QED) is 0.405. The smallest absolute Gasteiger partial charge is 0.164 e. The Labute approximate surface area is 180 Å². The van der Waals surface area contributed by atoms with Gasteiger partial charge in [0.05, 0.1) is 12.8 Å². The van der Waals surface area contributed by atoms with Gasteiger partial charge in [-0.05, 0) is 36.8 Å². The van der Waals surface area contributed by atoms with E-state index in [1.807, 2.05) is 61.5 Å². The second kappa shape index (κ2) is 10.4. The van der Waals surface area contributed by atoms with E-state index in [1.165, 1.54) is 0 Å². The minimum atomic E-state index is 0.329. The molecule has 7 heteroatoms. The van der Waals surface area contributed by atoms with Gasteiger partial charge in [-0.2, -0.15) is 10.4 Å². The second-order valence-corrected chi connectivity index (χ2v) is 6.92. The first kappa shape index (κ1) is 21.3. The van der Waals surface area contributed by atoms with E-state index in [0.29, 0.717) is 35.4 Å². The molecule has 30 heavy (non-hydrogen) atoms. The highest BCUT2D eigenvalue weighted by Gasteiger charge is 2.10. The standard InChI is InChI=1S/C23H21ClN4O2/c1-16-10-19(14-29-2)21(12-25)23(27-16)28-26-13-17-6-5-8-20(11-17)30-15-18-7-3-4-9-22(18)24/h3-11,13H,14-15H2,1-2H3,(H,27,28). The van der Waals surface area contributed by atoms with Gasteiger partial charge < -0.3 is 9.47 Å². The van der Waals surface area contributed by atoms with Gasteiger partial charge in [0, 0.05) is 29.0 Å². The molecule has 0 radical (unpaired) electrons. The summed E-state index contributed by atoms with van der Waals surface area (Å²) in [6, 6.07) is 19.1. The molecule has 1 aromatic heterocycles. The summed E-state index contributed by atoms with van der Waals surface area (Å²) in [6.45, 7) is 2.56. The fourth-order valence-corrected chi connectivity index (χ4v) is 3.04. The van der Waals surface area contributed by atoms with Gasteiger partial charge in [-0.15, -0.1) is 0 Å². The van der Waals surface area contributed by atoms with Gasteiger partial charge in [-0.3, -0.25) is 5.43 Å². The number of nitriles is 1. The Balaban J connectivity index is 1.70. The molecule has 0 saturated carbocycles. The number of aromatic nitrogens is 1. The van der Waals surface area contributed by atoms with Crippen LogP contribution in [-0.2, 0) is 18.0 Å². The molecule has 0 saturated heterocycles. The maximum Gasteiger partial charge on any atom is 0.164 e. The first-order valence-corrected chi connectivity index (χ1v) is 9.63. The topological polar surface area (TPSA) is 79.5 Å². The molecule has 6 nitrogen and oxygen atoms in total. The van der Waals surface area contributed by atoms with Crippen molar-refractivity contribution >= 4 is 23.6 Å². The number of hydrazone groups is 1. The van der Waals surface area contributed by atoms with Gasteiger partial charge in [-0.25, -0.2) is 4.98 Å². The first-order valence-electron chi connectivity index (χ1n) is 9.25. The Hall–Kier alpha value is -3.40. The summed E-state index contributed by atoms with van der Waals surface area (Å²) in [5.41, 5.74) is 6.56. The second-order valence-electron chi connectivity index (χ2n) is 6.51. The maximum absolute atomic E-state index is 9.48. The predicted octanol–water partition coefficient (Wildman–Crippen LogP) is 5.09. The number of pyridine rings is 1. The Kier molecular flexibility index (Phi) is 7.39. The summed E-state index contributed by atoms with van der Waals surface area (Å²) in [5.74, 6) is 1.10. The lowest BCUT2D eigenvalue weighted by atomic mass is 10.1. The van der Waals surface area contributed by atoms with Crippen LogP contribution in [0.2, 0.25) is 5.02 Å². The van der Waals surface area contributed by atoms with E-state index < -0.39 is 0 Å². The van der Waals surface area contributed by atoms with Gasteiger partial charge in [0.2, 0.25) is 0 Å². The van der Waals surface area contributed by atoms with Crippen LogP contribution in [0.15, 0.2) is 59.7 Å². The van der Waals surface area contributed by atoms with Gasteiger partial charge in [0.25, 0.3) is 0 Å². The monoisotopic (exact) mass is 420 g/mol. The highest BCUT2D eigenvalue weighted by molar-refractivity contribution is 6.31. The zero-order valence-electron chi connectivity index (χ0n) is 16.7. The van der Waals surface area contributed by atoms with Crippen LogP contribution in [-0.4, -0.2) is 18.3 Å². The third kappa shape index (κ3) is 5.57. The highest BCUT2D eigenvalue weighted by atomic mass is 35.5. The molecule has 3 aromatic rings. The molecule has 3 rings (SSSR count). The Morgan fingerprint density at radius 1 is 1.13 bits per heavy atom. The number of anilines is 1. The molecule has 2 aromatic carbocycles. The van der Waals surface area contributed by atoms with Gasteiger partial charge in [-0.1, -0.05) is 41.9 Å². The fourth-order valence-electron chi connectivity index (χ4n) is 2.85. The Morgan fingerprint density at radius 3 is 2.73 bits per heavy atom. The maximum atomic E-state index is 9.48. The van der Waals surface area contributed by atoms with Crippen molar-refractivity contribution in [3.05, 3.63) is 87.6 Å². The van der Waals surface area contributed by atoms with Crippen LogP contribution in [0.3, 0.4) is 0 Å². The fraction of sp³-hybridized carbons (Fsp3) is 0.174. The molecule has 0 amide bonds. The van der Waals surface area contributed by atoms with Crippen molar-refractivity contribution in [3.63, 3.8) is 0 Å². The molecule has 0 fully saturated rings. The van der Waals surface area contributed by atoms with Gasteiger partial charge >= 0.3 is 0 Å². The number of ether oxygens (including phenoxy) is 2. The highest BCUT2D eigenvalue weighted by Crippen LogP contribution is 2.20. The third-order valence-electron chi connectivity index (χ3n) is 4.24. The van der Waals surface area contributed by atoms with Gasteiger partial charge in [0.1, 0.15) is 24.0 Å². The molecule has 0 atom stereocenters. The van der Waals surface area contributed by atoms with Crippen LogP contribution < -0.4 is 10.2 Å². The minimum absolute atomic E-state index is 0.329. The lowest BCUT2D eigenvalue weighted by molar-refractivity contribution is 0.184. The molecule has 0 aliphatic heterocycles. The largest absolute Gasteiger partial charge is 0.489 e. The summed E-state index contributed by atoms with van der Waals surface area (Å²) in [5, 5.41) is 14.4. The number of nitrogens with zero attached hydrogens (tertiary/aromatic N) is 3. The number of benzene rings is 2. The Bertz CT molecular complexity index is 1090. The summed E-state index contributed by atoms with van der Waals surface area (Å²) in [6.07, 6.45) is 1.64. The lowest BCUT2D eigenvalue weighted by Gasteiger charge is -2.09. The van der Waals surface area contributed by atoms with Crippen LogP contribution in [0.25, 0.3) is 0 Å². The van der Waals surface area contributed by atoms with Crippen molar-refractivity contribution in [3.8, 4) is 11.8 Å². The van der Waals surface area contributed by atoms with Crippen molar-refractivity contribution < 1.29 is 9.47 Å². The normalized spacial score (nSPS) is 10.7. The molecule has 0 bridgehead atoms. The number of halogens is 1. The number of aryl methyl sites for hydroxylation is 1. The molecule has 0 aliphatic rings. The van der Waals surface area contributed by atoms with Crippen LogP contribution in [0.4, 0.5) is 5.82 Å². The first-order chi connectivity index (χ1) is 14.6. The van der Waals surface area contributed by atoms with E-state index in [-0.39, 0.29) is 0 Å². The van der Waals surface area contributed by atoms with E-state index in [4.69, 9.17) is 21.1 Å². The van der Waals surface area contributed by atoms with E-state index in [0.717, 1.165) is 22.4 Å².